The Kier molecular flexibility index (Phi) is 5.39. The van der Waals surface area contributed by atoms with Crippen molar-refractivity contribution >= 4 is 27.4 Å². The van der Waals surface area contributed by atoms with E-state index in [1.54, 1.807) is 47.0 Å². The highest BCUT2D eigenvalue weighted by Gasteiger charge is 2.18. The maximum Gasteiger partial charge on any atom is 0.356 e. The van der Waals surface area contributed by atoms with E-state index < -0.39 is 15.8 Å². The third-order valence-corrected chi connectivity index (χ3v) is 6.22. The molecule has 0 spiro atoms. The molecule has 0 radical (unpaired) electrons. The molecule has 0 unspecified atom stereocenters. The average Bonchev–Trinajstić information content (AvgIpc) is 3.19. The molecule has 1 heterocycles. The summed E-state index contributed by atoms with van der Waals surface area (Å²) in [5, 5.41) is 9.87. The molecular formula is C23H17ClN2O4S. The predicted molar refractivity (Wildman–Crippen MR) is 120 cm³/mol. The van der Waals surface area contributed by atoms with E-state index in [1.165, 1.54) is 12.5 Å². The number of nitrogens with zero attached hydrogens (tertiary/aromatic N) is 2. The molecule has 6 nitrogen and oxygen atoms in total. The standard InChI is InChI=1S/C23H17ClN2O4S/c1-31(29,30)18-6-4-5-16(13-18)15-9-11-17(12-10-15)26-14-21(23(27)28)25-22(26)19-7-2-3-8-20(19)24/h2-14H,1H3,(H,27,28). The zero-order chi connectivity index (χ0) is 22.2. The maximum atomic E-state index is 11.8. The highest BCUT2D eigenvalue weighted by molar-refractivity contribution is 7.90. The van der Waals surface area contributed by atoms with Gasteiger partial charge in [-0.05, 0) is 47.5 Å². The molecule has 0 aliphatic rings. The molecule has 4 rings (SSSR count). The zero-order valence-electron chi connectivity index (χ0n) is 16.4. The summed E-state index contributed by atoms with van der Waals surface area (Å²) in [7, 11) is -3.31. The molecule has 31 heavy (non-hydrogen) atoms. The van der Waals surface area contributed by atoms with Gasteiger partial charge in [0, 0.05) is 23.7 Å². The average molecular weight is 453 g/mol. The first kappa shape index (κ1) is 20.8. The minimum absolute atomic E-state index is 0.0974. The Morgan fingerprint density at radius 1 is 0.968 bits per heavy atom. The second-order valence-electron chi connectivity index (χ2n) is 6.95. The monoisotopic (exact) mass is 452 g/mol. The van der Waals surface area contributed by atoms with Gasteiger partial charge in [0.1, 0.15) is 5.82 Å². The number of carboxylic acid groups (broad SMARTS) is 1. The van der Waals surface area contributed by atoms with E-state index in [0.29, 0.717) is 22.1 Å². The Hall–Kier alpha value is -3.42. The Morgan fingerprint density at radius 2 is 1.68 bits per heavy atom. The lowest BCUT2D eigenvalue weighted by molar-refractivity contribution is 0.0691. The molecule has 0 amide bonds. The molecule has 1 N–H and O–H groups in total. The van der Waals surface area contributed by atoms with Gasteiger partial charge in [-0.1, -0.05) is 48.0 Å². The molecule has 0 bridgehead atoms. The maximum absolute atomic E-state index is 11.8. The Morgan fingerprint density at radius 3 is 2.32 bits per heavy atom. The van der Waals surface area contributed by atoms with E-state index in [4.69, 9.17) is 11.6 Å². The van der Waals surface area contributed by atoms with Crippen LogP contribution in [0.5, 0.6) is 0 Å². The van der Waals surface area contributed by atoms with E-state index in [0.717, 1.165) is 11.1 Å². The minimum atomic E-state index is -3.31. The number of aromatic carboxylic acids is 1. The smallest absolute Gasteiger partial charge is 0.356 e. The highest BCUT2D eigenvalue weighted by Crippen LogP contribution is 2.30. The van der Waals surface area contributed by atoms with Crippen LogP contribution < -0.4 is 0 Å². The van der Waals surface area contributed by atoms with Crippen LogP contribution in [-0.4, -0.2) is 35.3 Å². The Labute approximate surface area is 184 Å². The fourth-order valence-corrected chi connectivity index (χ4v) is 4.12. The SMILES string of the molecule is CS(=O)(=O)c1cccc(-c2ccc(-n3cc(C(=O)O)nc3-c3ccccc3Cl)cc2)c1. The number of carboxylic acids is 1. The van der Waals surface area contributed by atoms with Crippen molar-refractivity contribution in [2.45, 2.75) is 4.90 Å². The minimum Gasteiger partial charge on any atom is -0.476 e. The zero-order valence-corrected chi connectivity index (χ0v) is 17.9. The summed E-state index contributed by atoms with van der Waals surface area (Å²) in [5.41, 5.74) is 2.80. The molecule has 0 aliphatic carbocycles. The summed E-state index contributed by atoms with van der Waals surface area (Å²) in [6, 6.07) is 21.1. The van der Waals surface area contributed by atoms with Gasteiger partial charge in [0.25, 0.3) is 0 Å². The van der Waals surface area contributed by atoms with Gasteiger partial charge in [-0.15, -0.1) is 0 Å². The van der Waals surface area contributed by atoms with Crippen molar-refractivity contribution < 1.29 is 18.3 Å². The number of benzene rings is 3. The van der Waals surface area contributed by atoms with Crippen molar-refractivity contribution in [2.24, 2.45) is 0 Å². The Bertz CT molecular complexity index is 1390. The number of imidazole rings is 1. The molecule has 0 saturated heterocycles. The van der Waals surface area contributed by atoms with Crippen molar-refractivity contribution in [3.8, 4) is 28.2 Å². The lowest BCUT2D eigenvalue weighted by Crippen LogP contribution is -1.98. The lowest BCUT2D eigenvalue weighted by atomic mass is 10.1. The first-order valence-corrected chi connectivity index (χ1v) is 11.5. The van der Waals surface area contributed by atoms with Crippen LogP contribution in [0.1, 0.15) is 10.5 Å². The van der Waals surface area contributed by atoms with Gasteiger partial charge >= 0.3 is 5.97 Å². The van der Waals surface area contributed by atoms with Crippen molar-refractivity contribution in [1.82, 2.24) is 9.55 Å². The number of aromatic nitrogens is 2. The molecule has 1 aromatic heterocycles. The van der Waals surface area contributed by atoms with Crippen molar-refractivity contribution in [1.29, 1.82) is 0 Å². The fraction of sp³-hybridized carbons (Fsp3) is 0.0435. The van der Waals surface area contributed by atoms with Crippen LogP contribution in [0.3, 0.4) is 0 Å². The third kappa shape index (κ3) is 4.23. The van der Waals surface area contributed by atoms with Crippen LogP contribution in [0.2, 0.25) is 5.02 Å². The highest BCUT2D eigenvalue weighted by atomic mass is 35.5. The van der Waals surface area contributed by atoms with Crippen LogP contribution in [0.15, 0.2) is 83.9 Å². The van der Waals surface area contributed by atoms with Gasteiger partial charge in [0.15, 0.2) is 15.5 Å². The summed E-state index contributed by atoms with van der Waals surface area (Å²) in [5.74, 6) is -0.726. The third-order valence-electron chi connectivity index (χ3n) is 4.78. The van der Waals surface area contributed by atoms with Crippen molar-refractivity contribution in [3.05, 3.63) is 89.7 Å². The molecule has 0 atom stereocenters. The summed E-state index contributed by atoms with van der Waals surface area (Å²) in [6.07, 6.45) is 2.62. The molecule has 8 heteroatoms. The molecule has 0 fully saturated rings. The molecule has 3 aromatic carbocycles. The quantitative estimate of drug-likeness (QED) is 0.462. The fourth-order valence-electron chi connectivity index (χ4n) is 3.23. The number of hydrogen-bond donors (Lipinski definition) is 1. The summed E-state index contributed by atoms with van der Waals surface area (Å²) in [4.78, 5) is 16.0. The topological polar surface area (TPSA) is 89.3 Å². The Balaban J connectivity index is 1.78. The van der Waals surface area contributed by atoms with E-state index >= 15 is 0 Å². The van der Waals surface area contributed by atoms with E-state index in [9.17, 15) is 18.3 Å². The number of sulfone groups is 1. The molecule has 0 aliphatic heterocycles. The second-order valence-corrected chi connectivity index (χ2v) is 9.37. The van der Waals surface area contributed by atoms with Crippen LogP contribution in [0, 0.1) is 0 Å². The van der Waals surface area contributed by atoms with E-state index in [-0.39, 0.29) is 10.6 Å². The number of carbonyl (C=O) groups is 1. The van der Waals surface area contributed by atoms with Crippen molar-refractivity contribution in [3.63, 3.8) is 0 Å². The van der Waals surface area contributed by atoms with Crippen LogP contribution >= 0.6 is 11.6 Å². The summed E-state index contributed by atoms with van der Waals surface area (Å²) >= 11 is 6.31. The molecule has 0 saturated carbocycles. The number of halogens is 1. The number of rotatable bonds is 5. The number of hydrogen-bond acceptors (Lipinski definition) is 4. The van der Waals surface area contributed by atoms with Gasteiger partial charge in [0.2, 0.25) is 0 Å². The molecule has 4 aromatic rings. The van der Waals surface area contributed by atoms with Crippen molar-refractivity contribution in [2.75, 3.05) is 6.26 Å². The summed E-state index contributed by atoms with van der Waals surface area (Å²) < 4.78 is 25.4. The van der Waals surface area contributed by atoms with Crippen LogP contribution in [-0.2, 0) is 9.84 Å². The second kappa shape index (κ2) is 8.02. The van der Waals surface area contributed by atoms with Gasteiger partial charge in [-0.25, -0.2) is 18.2 Å². The molecule has 156 valence electrons. The normalized spacial score (nSPS) is 11.4. The first-order valence-electron chi connectivity index (χ1n) is 9.22. The lowest BCUT2D eigenvalue weighted by Gasteiger charge is -2.10. The van der Waals surface area contributed by atoms with E-state index in [2.05, 4.69) is 4.98 Å². The predicted octanol–water partition coefficient (Wildman–Crippen LogP) is 4.96. The van der Waals surface area contributed by atoms with Gasteiger partial charge in [-0.3, -0.25) is 4.57 Å². The van der Waals surface area contributed by atoms with Gasteiger partial charge in [0.05, 0.1) is 9.92 Å². The first-order chi connectivity index (χ1) is 14.7. The largest absolute Gasteiger partial charge is 0.476 e. The summed E-state index contributed by atoms with van der Waals surface area (Å²) in [6.45, 7) is 0. The van der Waals surface area contributed by atoms with Gasteiger partial charge < -0.3 is 5.11 Å². The molecular weight excluding hydrogens is 436 g/mol. The van der Waals surface area contributed by atoms with Gasteiger partial charge in [-0.2, -0.15) is 0 Å². The van der Waals surface area contributed by atoms with Crippen LogP contribution in [0.4, 0.5) is 0 Å². The van der Waals surface area contributed by atoms with E-state index in [1.807, 2.05) is 30.3 Å². The van der Waals surface area contributed by atoms with Crippen LogP contribution in [0.25, 0.3) is 28.2 Å².